The van der Waals surface area contributed by atoms with Gasteiger partial charge in [0.2, 0.25) is 1.43 Å². The van der Waals surface area contributed by atoms with E-state index in [9.17, 15) is 0 Å². The van der Waals surface area contributed by atoms with Gasteiger partial charge in [-0.3, -0.25) is 0 Å². The van der Waals surface area contributed by atoms with Crippen LogP contribution >= 0.6 is 28.5 Å². The highest BCUT2D eigenvalue weighted by molar-refractivity contribution is 14.2. The van der Waals surface area contributed by atoms with E-state index in [1.807, 2.05) is 0 Å². The first-order chi connectivity index (χ1) is 17.7. The highest BCUT2D eigenvalue weighted by atomic mass is 127. The van der Waals surface area contributed by atoms with Gasteiger partial charge < -0.3 is 27.6 Å². The quantitative estimate of drug-likeness (QED) is 0.0795. The Morgan fingerprint density at radius 2 is 1.03 bits per heavy atom. The Morgan fingerprint density at radius 3 is 1.36 bits per heavy atom. The zero-order valence-electron chi connectivity index (χ0n) is 25.5. The van der Waals surface area contributed by atoms with E-state index in [1.165, 1.54) is 0 Å². The topological polar surface area (TPSA) is 66.4 Å². The lowest BCUT2D eigenvalue weighted by atomic mass is 9.95. The zero-order valence-corrected chi connectivity index (χ0v) is 30.6. The molecule has 1 heterocycles. The fourth-order valence-corrected chi connectivity index (χ4v) is 15.0. The first kappa shape index (κ1) is 33.8. The van der Waals surface area contributed by atoms with Gasteiger partial charge in [0.05, 0.1) is 19.7 Å². The molecule has 216 valence electrons. The van der Waals surface area contributed by atoms with Gasteiger partial charge in [0.15, 0.2) is 25.0 Å². The third-order valence-electron chi connectivity index (χ3n) is 9.15. The number of rotatable bonds is 20. The van der Waals surface area contributed by atoms with Crippen LogP contribution in [0.15, 0.2) is 0 Å². The second-order valence-electron chi connectivity index (χ2n) is 10.2. The molecule has 0 radical (unpaired) electrons. The molecule has 1 saturated heterocycles. The molecule has 0 amide bonds. The number of ether oxygens (including phenoxy) is 1. The number of hydrogen-bond donors (Lipinski definition) is 1. The molecule has 1 rings (SSSR count). The lowest BCUT2D eigenvalue weighted by molar-refractivity contribution is -0.221. The van der Waals surface area contributed by atoms with Crippen molar-refractivity contribution >= 4 is 53.4 Å². The van der Waals surface area contributed by atoms with Crippen LogP contribution in [0.2, 0.25) is 54.4 Å². The van der Waals surface area contributed by atoms with E-state index in [0.717, 1.165) is 54.4 Å². The van der Waals surface area contributed by atoms with E-state index < -0.39 is 25.0 Å². The minimum atomic E-state index is -2.03. The summed E-state index contributed by atoms with van der Waals surface area (Å²) in [7, 11) is -6.05. The van der Waals surface area contributed by atoms with Crippen LogP contribution in [-0.4, -0.2) is 75.2 Å². The number of aliphatic hydroxyl groups is 1. The van der Waals surface area contributed by atoms with Crippen molar-refractivity contribution in [3.63, 3.8) is 0 Å². The normalized spacial score (nSPS) is 26.6. The summed E-state index contributed by atoms with van der Waals surface area (Å²) in [5.74, 6) is 0. The fourth-order valence-electron chi connectivity index (χ4n) is 5.66. The summed E-state index contributed by atoms with van der Waals surface area (Å²) >= 11 is 2.26. The van der Waals surface area contributed by atoms with Gasteiger partial charge in [-0.15, -0.1) is 0 Å². The minimum absolute atomic E-state index is 0.152. The van der Waals surface area contributed by atoms with Crippen molar-refractivity contribution in [2.24, 2.45) is 0 Å². The van der Waals surface area contributed by atoms with Crippen LogP contribution in [0.1, 0.15) is 62.3 Å². The molecule has 6 atom stereocenters. The molecule has 0 aromatic carbocycles. The molecule has 1 fully saturated rings. The highest BCUT2D eigenvalue weighted by Gasteiger charge is 2.54. The van der Waals surface area contributed by atoms with Crippen molar-refractivity contribution in [3.8, 4) is 0 Å². The molecule has 36 heavy (non-hydrogen) atoms. The molecule has 1 N–H and O–H groups in total. The highest BCUT2D eigenvalue weighted by Crippen LogP contribution is 2.39. The molecule has 6 nitrogen and oxygen atoms in total. The summed E-state index contributed by atoms with van der Waals surface area (Å²) in [5, 5.41) is 4.98. The average Bonchev–Trinajstić information content (AvgIpc) is 2.94. The zero-order chi connectivity index (χ0) is 28.1. The molecule has 0 aromatic heterocycles. The molecule has 2 unspecified atom stereocenters. The van der Waals surface area contributed by atoms with Crippen molar-refractivity contribution in [3.05, 3.63) is 0 Å². The molecule has 1 aliphatic heterocycles. The number of halogens is 1. The summed E-state index contributed by atoms with van der Waals surface area (Å²) in [4.78, 5) is 0. The van der Waals surface area contributed by atoms with Gasteiger partial charge in [0, 0.05) is 0 Å². The maximum absolute atomic E-state index is 7.62. The lowest BCUT2D eigenvalue weighted by Gasteiger charge is -2.52. The third kappa shape index (κ3) is 8.78. The minimum Gasteiger partial charge on any atom is -0.409 e. The van der Waals surface area contributed by atoms with Gasteiger partial charge in [0.1, 0.15) is 30.5 Å². The van der Waals surface area contributed by atoms with Crippen molar-refractivity contribution < 1.29 is 27.6 Å². The Hall–Kier alpha value is 1.57. The molecule has 11 heteroatoms. The van der Waals surface area contributed by atoms with Crippen molar-refractivity contribution in [2.45, 2.75) is 147 Å². The van der Waals surface area contributed by atoms with Crippen LogP contribution < -0.4 is 0 Å². The standard InChI is InChI=1S/C25H56IO6PSi3/c1-10-34(11-2,12-3)30-23-21(19-27)29-22(20-28-33-26)24(31-35(13-4,14-5)15-6)25(23)32-36(16-7,17-8)18-9/h21-25,27,33H,10-20H2,1-9H3/t21?,22-,23+,24+,25-/m1/s1/i27D. The Bertz CT molecular complexity index is 592. The van der Waals surface area contributed by atoms with Gasteiger partial charge in [-0.05, 0) is 76.4 Å². The van der Waals surface area contributed by atoms with E-state index in [2.05, 4.69) is 84.4 Å². The molecule has 0 aliphatic carbocycles. The van der Waals surface area contributed by atoms with E-state index in [0.29, 0.717) is 13.1 Å². The Balaban J connectivity index is 3.75. The van der Waals surface area contributed by atoms with Gasteiger partial charge in [-0.25, -0.2) is 0 Å². The van der Waals surface area contributed by atoms with E-state index in [-0.39, 0.29) is 37.1 Å². The number of hydrogen-bond acceptors (Lipinski definition) is 6. The summed E-state index contributed by atoms with van der Waals surface area (Å²) in [5.41, 5.74) is 0. The van der Waals surface area contributed by atoms with Crippen LogP contribution in [0.4, 0.5) is 0 Å². The molecule has 0 aromatic rings. The van der Waals surface area contributed by atoms with E-state index >= 15 is 0 Å². The van der Waals surface area contributed by atoms with Gasteiger partial charge in [-0.2, -0.15) is 0 Å². The van der Waals surface area contributed by atoms with Crippen LogP contribution in [0.25, 0.3) is 0 Å². The van der Waals surface area contributed by atoms with Crippen molar-refractivity contribution in [2.75, 3.05) is 13.2 Å². The summed E-state index contributed by atoms with van der Waals surface area (Å²) in [6.45, 7) is 21.4. The predicted molar refractivity (Wildman–Crippen MR) is 170 cm³/mol. The Labute approximate surface area is 241 Å². The van der Waals surface area contributed by atoms with Gasteiger partial charge in [-0.1, -0.05) is 62.3 Å². The Morgan fingerprint density at radius 1 is 0.667 bits per heavy atom. The monoisotopic (exact) mass is 695 g/mol. The molecule has 0 saturated carbocycles. The predicted octanol–water partition coefficient (Wildman–Crippen LogP) is 7.88. The molecule has 0 spiro atoms. The second-order valence-corrected chi connectivity index (χ2v) is 26.2. The van der Waals surface area contributed by atoms with E-state index in [4.69, 9.17) is 29.1 Å². The maximum atomic E-state index is 7.62. The summed E-state index contributed by atoms with van der Waals surface area (Å²) in [6, 6.07) is 9.48. The summed E-state index contributed by atoms with van der Waals surface area (Å²) < 4.78 is 42.2. The average molecular weight is 696 g/mol. The lowest BCUT2D eigenvalue weighted by Crippen LogP contribution is -2.67. The smallest absolute Gasteiger partial charge is 0.210 e. The number of aliphatic hydroxyl groups excluding tert-OH is 1. The SMILES string of the molecule is [2H]OCC1O[C@H](COPI)[C@H](O[Si](CC)(CC)CC)[C@H](O[Si](CC)(CC)CC)[C@H]1O[Si](CC)(CC)CC. The first-order valence-electron chi connectivity index (χ1n) is 14.9. The maximum Gasteiger partial charge on any atom is 0.210 e. The van der Waals surface area contributed by atoms with Crippen LogP contribution in [0.3, 0.4) is 0 Å². The molecule has 1 aliphatic rings. The van der Waals surface area contributed by atoms with Gasteiger partial charge in [0.25, 0.3) is 0 Å². The Kier molecular flexibility index (Phi) is 16.3. The largest absolute Gasteiger partial charge is 0.409 e. The van der Waals surface area contributed by atoms with Crippen molar-refractivity contribution in [1.82, 2.24) is 0 Å². The van der Waals surface area contributed by atoms with E-state index in [1.54, 1.807) is 0 Å². The van der Waals surface area contributed by atoms with Crippen LogP contribution in [0.5, 0.6) is 0 Å². The van der Waals surface area contributed by atoms with Gasteiger partial charge >= 0.3 is 0 Å². The summed E-state index contributed by atoms with van der Waals surface area (Å²) in [6.07, 6.45) is -1.47. The molecule has 0 bridgehead atoms. The molecular formula is C25H56IO6PSi3. The second kappa shape index (κ2) is 17.4. The first-order valence-corrected chi connectivity index (χ1v) is 26.1. The van der Waals surface area contributed by atoms with Crippen LogP contribution in [-0.2, 0) is 22.5 Å². The van der Waals surface area contributed by atoms with Crippen LogP contribution in [0, 0.1) is 0 Å². The third-order valence-corrected chi connectivity index (χ3v) is 24.3. The fraction of sp³-hybridized carbons (Fsp3) is 1.00. The molecular weight excluding hydrogens is 638 g/mol. The van der Waals surface area contributed by atoms with Crippen molar-refractivity contribution in [1.29, 1.82) is 1.43 Å².